The summed E-state index contributed by atoms with van der Waals surface area (Å²) in [6, 6.07) is 14.1. The van der Waals surface area contributed by atoms with E-state index in [1.165, 1.54) is 4.90 Å². The highest BCUT2D eigenvalue weighted by Crippen LogP contribution is 2.27. The Labute approximate surface area is 185 Å². The van der Waals surface area contributed by atoms with Crippen LogP contribution in [0.3, 0.4) is 0 Å². The summed E-state index contributed by atoms with van der Waals surface area (Å²) in [5, 5.41) is 0.417. The van der Waals surface area contributed by atoms with Crippen molar-refractivity contribution in [1.29, 1.82) is 0 Å². The second kappa shape index (κ2) is 9.26. The average molecular weight is 435 g/mol. The normalized spacial score (nSPS) is 16.1. The molecule has 166 valence electrons. The molecule has 1 fully saturated rings. The van der Waals surface area contributed by atoms with Crippen molar-refractivity contribution < 1.29 is 23.5 Å². The number of hydrogen-bond donors (Lipinski definition) is 0. The predicted octanol–water partition coefficient (Wildman–Crippen LogP) is 4.54. The Balaban J connectivity index is 1.55. The fourth-order valence-electron chi connectivity index (χ4n) is 4.04. The van der Waals surface area contributed by atoms with Crippen LogP contribution >= 0.6 is 0 Å². The van der Waals surface area contributed by atoms with E-state index >= 15 is 0 Å². The molecule has 1 aromatic heterocycles. The Kier molecular flexibility index (Phi) is 6.25. The van der Waals surface area contributed by atoms with Gasteiger partial charge in [0.1, 0.15) is 17.1 Å². The number of piperidine rings is 1. The van der Waals surface area contributed by atoms with Crippen LogP contribution in [0, 0.1) is 12.8 Å². The molecule has 0 N–H and O–H groups in total. The number of nitrogens with zero attached hydrogens (tertiary/aromatic N) is 1. The zero-order chi connectivity index (χ0) is 22.7. The predicted molar refractivity (Wildman–Crippen MR) is 120 cm³/mol. The maximum atomic E-state index is 13.1. The van der Waals surface area contributed by atoms with Gasteiger partial charge in [0.05, 0.1) is 23.5 Å². The van der Waals surface area contributed by atoms with Crippen LogP contribution in [0.4, 0.5) is 4.79 Å². The molecule has 7 heteroatoms. The van der Waals surface area contributed by atoms with Crippen molar-refractivity contribution in [1.82, 2.24) is 4.90 Å². The monoisotopic (exact) mass is 435 g/mol. The number of carbonyl (C=O) groups excluding carboxylic acids is 2. The molecule has 2 aromatic carbocycles. The van der Waals surface area contributed by atoms with Crippen molar-refractivity contribution >= 4 is 23.0 Å². The lowest BCUT2D eigenvalue weighted by molar-refractivity contribution is -0.140. The van der Waals surface area contributed by atoms with Gasteiger partial charge in [-0.3, -0.25) is 9.59 Å². The molecule has 2 heterocycles. The van der Waals surface area contributed by atoms with Gasteiger partial charge in [-0.1, -0.05) is 30.3 Å². The zero-order valence-electron chi connectivity index (χ0n) is 18.1. The molecule has 0 aliphatic carbocycles. The minimum Gasteiger partial charge on any atom is -0.460 e. The fourth-order valence-corrected chi connectivity index (χ4v) is 4.04. The summed E-state index contributed by atoms with van der Waals surface area (Å²) >= 11 is 0. The lowest BCUT2D eigenvalue weighted by Crippen LogP contribution is -2.43. The summed E-state index contributed by atoms with van der Waals surface area (Å²) in [5.41, 5.74) is 1.53. The first-order valence-electron chi connectivity index (χ1n) is 10.7. The summed E-state index contributed by atoms with van der Waals surface area (Å²) in [4.78, 5) is 39.3. The standard InChI is InChI=1S/C25H25NO6/c1-3-30-25(29)26-13-7-10-18(15-26)24(28)32-19-11-12-20-21(14-19)31-16(2)22(23(20)27)17-8-5-4-6-9-17/h4-6,8-9,11-12,14,18H,3,7,10,13,15H2,1-2H3. The molecule has 1 aliphatic heterocycles. The van der Waals surface area contributed by atoms with Gasteiger partial charge in [0, 0.05) is 19.2 Å². The molecule has 0 bridgehead atoms. The Morgan fingerprint density at radius 2 is 1.94 bits per heavy atom. The molecule has 0 radical (unpaired) electrons. The van der Waals surface area contributed by atoms with Gasteiger partial charge < -0.3 is 18.8 Å². The summed E-state index contributed by atoms with van der Waals surface area (Å²) in [6.45, 7) is 4.61. The maximum absolute atomic E-state index is 13.1. The van der Waals surface area contributed by atoms with Gasteiger partial charge in [-0.25, -0.2) is 4.79 Å². The van der Waals surface area contributed by atoms with Crippen LogP contribution in [0.1, 0.15) is 25.5 Å². The van der Waals surface area contributed by atoms with Crippen molar-refractivity contribution in [2.45, 2.75) is 26.7 Å². The molecule has 1 atom stereocenters. The van der Waals surface area contributed by atoms with Crippen LogP contribution in [0.2, 0.25) is 0 Å². The molecule has 0 spiro atoms. The Morgan fingerprint density at radius 3 is 2.69 bits per heavy atom. The minimum absolute atomic E-state index is 0.134. The smallest absolute Gasteiger partial charge is 0.409 e. The Hall–Kier alpha value is -3.61. The number of likely N-dealkylation sites (tertiary alicyclic amines) is 1. The van der Waals surface area contributed by atoms with E-state index < -0.39 is 18.0 Å². The molecule has 0 saturated carbocycles. The van der Waals surface area contributed by atoms with E-state index in [9.17, 15) is 14.4 Å². The molecule has 3 aromatic rings. The van der Waals surface area contributed by atoms with Gasteiger partial charge in [-0.2, -0.15) is 0 Å². The number of rotatable bonds is 4. The Bertz CT molecular complexity index is 1200. The summed E-state index contributed by atoms with van der Waals surface area (Å²) in [5.74, 6) is -0.0586. The molecular weight excluding hydrogens is 410 g/mol. The van der Waals surface area contributed by atoms with E-state index in [1.54, 1.807) is 32.0 Å². The molecular formula is C25H25NO6. The first-order chi connectivity index (χ1) is 15.5. The highest BCUT2D eigenvalue weighted by Gasteiger charge is 2.30. The number of esters is 1. The highest BCUT2D eigenvalue weighted by molar-refractivity contribution is 5.85. The molecule has 1 aliphatic rings. The van der Waals surface area contributed by atoms with Crippen molar-refractivity contribution in [3.8, 4) is 16.9 Å². The van der Waals surface area contributed by atoms with Crippen molar-refractivity contribution in [2.75, 3.05) is 19.7 Å². The van der Waals surface area contributed by atoms with E-state index in [2.05, 4.69) is 0 Å². The molecule has 7 nitrogen and oxygen atoms in total. The first-order valence-corrected chi connectivity index (χ1v) is 10.7. The highest BCUT2D eigenvalue weighted by atomic mass is 16.6. The lowest BCUT2D eigenvalue weighted by atomic mass is 9.98. The molecule has 1 saturated heterocycles. The van der Waals surface area contributed by atoms with Gasteiger partial charge >= 0.3 is 12.1 Å². The average Bonchev–Trinajstić information content (AvgIpc) is 2.80. The quantitative estimate of drug-likeness (QED) is 0.442. The fraction of sp³-hybridized carbons (Fsp3) is 0.320. The third kappa shape index (κ3) is 4.37. The number of aryl methyl sites for hydroxylation is 1. The van der Waals surface area contributed by atoms with Crippen molar-refractivity contribution in [3.63, 3.8) is 0 Å². The van der Waals surface area contributed by atoms with E-state index in [0.717, 1.165) is 5.56 Å². The van der Waals surface area contributed by atoms with E-state index in [0.29, 0.717) is 47.4 Å². The van der Waals surface area contributed by atoms with E-state index in [1.807, 2.05) is 30.3 Å². The largest absolute Gasteiger partial charge is 0.460 e. The van der Waals surface area contributed by atoms with Gasteiger partial charge in [0.15, 0.2) is 0 Å². The van der Waals surface area contributed by atoms with E-state index in [4.69, 9.17) is 13.9 Å². The number of benzene rings is 2. The van der Waals surface area contributed by atoms with Crippen molar-refractivity contribution in [3.05, 3.63) is 64.5 Å². The zero-order valence-corrected chi connectivity index (χ0v) is 18.1. The van der Waals surface area contributed by atoms with Crippen LogP contribution in [0.25, 0.3) is 22.1 Å². The van der Waals surface area contributed by atoms with Crippen LogP contribution < -0.4 is 10.2 Å². The number of fused-ring (bicyclic) bond motifs is 1. The molecule has 4 rings (SSSR count). The summed E-state index contributed by atoms with van der Waals surface area (Å²) < 4.78 is 16.5. The molecule has 1 amide bonds. The van der Waals surface area contributed by atoms with Gasteiger partial charge in [-0.05, 0) is 44.4 Å². The first kappa shape index (κ1) is 21.6. The van der Waals surface area contributed by atoms with Gasteiger partial charge in [0.25, 0.3) is 0 Å². The Morgan fingerprint density at radius 1 is 1.16 bits per heavy atom. The molecule has 1 unspecified atom stereocenters. The SMILES string of the molecule is CCOC(=O)N1CCCC(C(=O)Oc2ccc3c(=O)c(-c4ccccc4)c(C)oc3c2)C1. The van der Waals surface area contributed by atoms with Crippen LogP contribution in [0.5, 0.6) is 5.75 Å². The van der Waals surface area contributed by atoms with Crippen LogP contribution in [0.15, 0.2) is 57.7 Å². The summed E-state index contributed by atoms with van der Waals surface area (Å²) in [6.07, 6.45) is 0.922. The topological polar surface area (TPSA) is 86.0 Å². The number of ether oxygens (including phenoxy) is 2. The second-order valence-corrected chi connectivity index (χ2v) is 7.79. The maximum Gasteiger partial charge on any atom is 0.409 e. The number of carbonyl (C=O) groups is 2. The number of hydrogen-bond acceptors (Lipinski definition) is 6. The van der Waals surface area contributed by atoms with Crippen LogP contribution in [-0.2, 0) is 9.53 Å². The van der Waals surface area contributed by atoms with Gasteiger partial charge in [-0.15, -0.1) is 0 Å². The third-order valence-corrected chi connectivity index (χ3v) is 5.60. The van der Waals surface area contributed by atoms with E-state index in [-0.39, 0.29) is 18.6 Å². The lowest BCUT2D eigenvalue weighted by Gasteiger charge is -2.30. The second-order valence-electron chi connectivity index (χ2n) is 7.79. The molecule has 32 heavy (non-hydrogen) atoms. The number of amides is 1. The minimum atomic E-state index is -0.432. The van der Waals surface area contributed by atoms with Crippen molar-refractivity contribution in [2.24, 2.45) is 5.92 Å². The van der Waals surface area contributed by atoms with Crippen LogP contribution in [-0.4, -0.2) is 36.7 Å². The van der Waals surface area contributed by atoms with Gasteiger partial charge in [0.2, 0.25) is 5.43 Å². The third-order valence-electron chi connectivity index (χ3n) is 5.60. The summed E-state index contributed by atoms with van der Waals surface area (Å²) in [7, 11) is 0.